The summed E-state index contributed by atoms with van der Waals surface area (Å²) < 4.78 is 5.51. The summed E-state index contributed by atoms with van der Waals surface area (Å²) in [6.07, 6.45) is 0. The van der Waals surface area contributed by atoms with Crippen LogP contribution < -0.4 is 10.2 Å². The van der Waals surface area contributed by atoms with Gasteiger partial charge in [-0.2, -0.15) is 0 Å². The molecule has 2 saturated heterocycles. The molecule has 0 aromatic carbocycles. The van der Waals surface area contributed by atoms with Crippen molar-refractivity contribution in [3.8, 4) is 0 Å². The molecule has 1 aromatic rings. The lowest BCUT2D eigenvalue weighted by Crippen LogP contribution is -2.56. The van der Waals surface area contributed by atoms with E-state index in [0.29, 0.717) is 12.0 Å². The number of nitrogens with one attached hydrogen (secondary N) is 1. The average molecular weight is 380 g/mol. The molecule has 3 rings (SSSR count). The van der Waals surface area contributed by atoms with Gasteiger partial charge >= 0.3 is 0 Å². The standard InChI is InChI=1S/C19H33N5OS/c1-16(2)17(22-10-12-25-13-11-22)15-21-19(20-3)24-8-6-23(7-9-24)18-5-4-14-26-18/h4-5,14,16-17H,6-13,15H2,1-3H3,(H,20,21). The van der Waals surface area contributed by atoms with Gasteiger partial charge in [0.2, 0.25) is 0 Å². The number of nitrogens with zero attached hydrogens (tertiary/aromatic N) is 4. The molecule has 1 unspecified atom stereocenters. The van der Waals surface area contributed by atoms with E-state index in [1.165, 1.54) is 5.00 Å². The summed E-state index contributed by atoms with van der Waals surface area (Å²) in [5.41, 5.74) is 0. The fourth-order valence-corrected chi connectivity index (χ4v) is 4.60. The summed E-state index contributed by atoms with van der Waals surface area (Å²) in [5.74, 6) is 1.64. The Balaban J connectivity index is 1.51. The first-order chi connectivity index (χ1) is 12.7. The lowest BCUT2D eigenvalue weighted by atomic mass is 10.0. The number of aliphatic imine (C=N–C) groups is 1. The first-order valence-electron chi connectivity index (χ1n) is 9.75. The zero-order chi connectivity index (χ0) is 18.4. The Kier molecular flexibility index (Phi) is 7.16. The maximum Gasteiger partial charge on any atom is 0.193 e. The Morgan fingerprint density at radius 2 is 1.92 bits per heavy atom. The Morgan fingerprint density at radius 3 is 2.50 bits per heavy atom. The van der Waals surface area contributed by atoms with Crippen molar-refractivity contribution in [3.63, 3.8) is 0 Å². The molecule has 0 bridgehead atoms. The highest BCUT2D eigenvalue weighted by Gasteiger charge is 2.25. The van der Waals surface area contributed by atoms with Gasteiger partial charge in [-0.3, -0.25) is 9.89 Å². The van der Waals surface area contributed by atoms with Crippen LogP contribution in [0.3, 0.4) is 0 Å². The van der Waals surface area contributed by atoms with Crippen LogP contribution in [0.15, 0.2) is 22.5 Å². The third-order valence-electron chi connectivity index (χ3n) is 5.36. The molecule has 1 aromatic heterocycles. The smallest absolute Gasteiger partial charge is 0.193 e. The van der Waals surface area contributed by atoms with Crippen LogP contribution in [-0.2, 0) is 4.74 Å². The highest BCUT2D eigenvalue weighted by atomic mass is 32.1. The van der Waals surface area contributed by atoms with Crippen LogP contribution >= 0.6 is 11.3 Å². The molecule has 0 spiro atoms. The molecule has 2 aliphatic rings. The molecule has 146 valence electrons. The topological polar surface area (TPSA) is 43.3 Å². The van der Waals surface area contributed by atoms with Crippen molar-refractivity contribution in [2.75, 3.05) is 71.0 Å². The Morgan fingerprint density at radius 1 is 1.19 bits per heavy atom. The van der Waals surface area contributed by atoms with Crippen molar-refractivity contribution < 1.29 is 4.74 Å². The normalized spacial score (nSPS) is 21.3. The van der Waals surface area contributed by atoms with Crippen molar-refractivity contribution in [2.45, 2.75) is 19.9 Å². The number of piperazine rings is 1. The molecule has 7 heteroatoms. The highest BCUT2D eigenvalue weighted by molar-refractivity contribution is 7.14. The van der Waals surface area contributed by atoms with Gasteiger partial charge in [-0.25, -0.2) is 0 Å². The van der Waals surface area contributed by atoms with Crippen LogP contribution in [0.4, 0.5) is 5.00 Å². The van der Waals surface area contributed by atoms with E-state index in [1.54, 1.807) is 0 Å². The predicted molar refractivity (Wildman–Crippen MR) is 110 cm³/mol. The predicted octanol–water partition coefficient (Wildman–Crippen LogP) is 1.80. The summed E-state index contributed by atoms with van der Waals surface area (Å²) in [6, 6.07) is 4.86. The molecule has 3 heterocycles. The largest absolute Gasteiger partial charge is 0.379 e. The third-order valence-corrected chi connectivity index (χ3v) is 6.29. The number of hydrogen-bond acceptors (Lipinski definition) is 5. The van der Waals surface area contributed by atoms with Gasteiger partial charge in [-0.05, 0) is 23.4 Å². The van der Waals surface area contributed by atoms with E-state index in [0.717, 1.165) is 65.0 Å². The molecule has 1 N–H and O–H groups in total. The van der Waals surface area contributed by atoms with Crippen LogP contribution in [0, 0.1) is 5.92 Å². The van der Waals surface area contributed by atoms with E-state index in [9.17, 15) is 0 Å². The molecule has 0 saturated carbocycles. The molecule has 26 heavy (non-hydrogen) atoms. The number of thiophene rings is 1. The minimum Gasteiger partial charge on any atom is -0.379 e. The van der Waals surface area contributed by atoms with Crippen molar-refractivity contribution in [2.24, 2.45) is 10.9 Å². The zero-order valence-electron chi connectivity index (χ0n) is 16.4. The summed E-state index contributed by atoms with van der Waals surface area (Å²) in [6.45, 7) is 13.5. The van der Waals surface area contributed by atoms with E-state index in [-0.39, 0.29) is 0 Å². The lowest BCUT2D eigenvalue weighted by molar-refractivity contribution is 0.00739. The average Bonchev–Trinajstić information content (AvgIpc) is 3.21. The number of rotatable bonds is 5. The van der Waals surface area contributed by atoms with Crippen LogP contribution in [0.5, 0.6) is 0 Å². The molecule has 0 radical (unpaired) electrons. The maximum absolute atomic E-state index is 5.51. The quantitative estimate of drug-likeness (QED) is 0.624. The number of ether oxygens (including phenoxy) is 1. The van der Waals surface area contributed by atoms with Crippen LogP contribution in [-0.4, -0.2) is 87.9 Å². The van der Waals surface area contributed by atoms with E-state index in [1.807, 2.05) is 18.4 Å². The minimum atomic E-state index is 0.517. The first kappa shape index (κ1) is 19.5. The number of anilines is 1. The maximum atomic E-state index is 5.51. The summed E-state index contributed by atoms with van der Waals surface area (Å²) in [5, 5.41) is 7.17. The van der Waals surface area contributed by atoms with Gasteiger partial charge in [0.1, 0.15) is 0 Å². The monoisotopic (exact) mass is 379 g/mol. The number of guanidine groups is 1. The molecular formula is C19H33N5OS. The van der Waals surface area contributed by atoms with Gasteiger partial charge in [0.15, 0.2) is 5.96 Å². The molecular weight excluding hydrogens is 346 g/mol. The van der Waals surface area contributed by atoms with E-state index in [2.05, 4.69) is 56.4 Å². The second-order valence-electron chi connectivity index (χ2n) is 7.31. The summed E-state index contributed by atoms with van der Waals surface area (Å²) in [4.78, 5) is 12.0. The fraction of sp³-hybridized carbons (Fsp3) is 0.737. The summed E-state index contributed by atoms with van der Waals surface area (Å²) in [7, 11) is 1.90. The van der Waals surface area contributed by atoms with Crippen molar-refractivity contribution in [1.82, 2.24) is 15.1 Å². The third kappa shape index (κ3) is 4.90. The van der Waals surface area contributed by atoms with Crippen LogP contribution in [0.25, 0.3) is 0 Å². The van der Waals surface area contributed by atoms with Gasteiger partial charge in [0.25, 0.3) is 0 Å². The van der Waals surface area contributed by atoms with E-state index in [4.69, 9.17) is 4.74 Å². The summed E-state index contributed by atoms with van der Waals surface area (Å²) >= 11 is 1.82. The van der Waals surface area contributed by atoms with Crippen molar-refractivity contribution >= 4 is 22.3 Å². The van der Waals surface area contributed by atoms with Crippen LogP contribution in [0.1, 0.15) is 13.8 Å². The number of morpholine rings is 1. The van der Waals surface area contributed by atoms with Gasteiger partial charge in [0.05, 0.1) is 18.2 Å². The second-order valence-corrected chi connectivity index (χ2v) is 8.24. The molecule has 0 amide bonds. The van der Waals surface area contributed by atoms with Crippen molar-refractivity contribution in [1.29, 1.82) is 0 Å². The van der Waals surface area contributed by atoms with Gasteiger partial charge in [0, 0.05) is 58.9 Å². The van der Waals surface area contributed by atoms with Crippen molar-refractivity contribution in [3.05, 3.63) is 17.5 Å². The van der Waals surface area contributed by atoms with Gasteiger partial charge in [-0.1, -0.05) is 13.8 Å². The molecule has 0 aliphatic carbocycles. The SMILES string of the molecule is CN=C(NCC(C(C)C)N1CCOCC1)N1CCN(c2cccs2)CC1. The lowest BCUT2D eigenvalue weighted by Gasteiger charge is -2.39. The molecule has 2 fully saturated rings. The van der Waals surface area contributed by atoms with Gasteiger partial charge in [-0.15, -0.1) is 11.3 Å². The molecule has 6 nitrogen and oxygen atoms in total. The fourth-order valence-electron chi connectivity index (χ4n) is 3.81. The zero-order valence-corrected chi connectivity index (χ0v) is 17.2. The molecule has 1 atom stereocenters. The highest BCUT2D eigenvalue weighted by Crippen LogP contribution is 2.22. The minimum absolute atomic E-state index is 0.517. The Hall–Kier alpha value is -1.31. The number of hydrogen-bond donors (Lipinski definition) is 1. The van der Waals surface area contributed by atoms with Gasteiger partial charge < -0.3 is 19.9 Å². The van der Waals surface area contributed by atoms with E-state index >= 15 is 0 Å². The second kappa shape index (κ2) is 9.58. The van der Waals surface area contributed by atoms with E-state index < -0.39 is 0 Å². The Bertz CT molecular complexity index is 548. The Labute approximate surface area is 161 Å². The molecule has 2 aliphatic heterocycles. The van der Waals surface area contributed by atoms with Crippen LogP contribution in [0.2, 0.25) is 0 Å². The first-order valence-corrected chi connectivity index (χ1v) is 10.6.